The molecule has 0 unspecified atom stereocenters. The highest BCUT2D eigenvalue weighted by atomic mass is 14.7. The van der Waals surface area contributed by atoms with Gasteiger partial charge in [0.2, 0.25) is 0 Å². The molecule has 0 aliphatic rings. The quantitative estimate of drug-likeness (QED) is 0.221. The third-order valence-electron chi connectivity index (χ3n) is 4.92. The number of rotatable bonds is 0. The fourth-order valence-corrected chi connectivity index (χ4v) is 3.53. The molecule has 0 aliphatic carbocycles. The van der Waals surface area contributed by atoms with Crippen LogP contribution in [0.25, 0.3) is 43.5 Å². The predicted molar refractivity (Wildman–Crippen MR) is 118 cm³/mol. The standard InChI is InChI=1S/2C13H9N/c1-3-7-12-10(5-1)9-11-6-2-4-8-13(11)14-12;1-2-6-11-10(5-1)9-14-13-8-4-3-7-12(11)13/h2*1-9H. The Morgan fingerprint density at radius 3 is 1.61 bits per heavy atom. The Hall–Kier alpha value is -3.78. The Kier molecular flexibility index (Phi) is 4.15. The molecule has 0 atom stereocenters. The first kappa shape index (κ1) is 16.4. The van der Waals surface area contributed by atoms with E-state index in [1.54, 1.807) is 0 Å². The van der Waals surface area contributed by atoms with Gasteiger partial charge in [-0.2, -0.15) is 0 Å². The zero-order chi connectivity index (χ0) is 18.8. The van der Waals surface area contributed by atoms with Crippen LogP contribution in [0.15, 0.2) is 109 Å². The van der Waals surface area contributed by atoms with E-state index in [0.29, 0.717) is 0 Å². The minimum absolute atomic E-state index is 1.06. The molecule has 0 amide bonds. The third-order valence-corrected chi connectivity index (χ3v) is 4.92. The second-order valence-corrected chi connectivity index (χ2v) is 6.74. The Morgan fingerprint density at radius 1 is 0.429 bits per heavy atom. The van der Waals surface area contributed by atoms with Crippen molar-refractivity contribution in [3.63, 3.8) is 0 Å². The maximum Gasteiger partial charge on any atom is 0.0709 e. The number of fused-ring (bicyclic) bond motifs is 5. The van der Waals surface area contributed by atoms with Gasteiger partial charge in [-0.1, -0.05) is 78.9 Å². The zero-order valence-corrected chi connectivity index (χ0v) is 15.3. The maximum absolute atomic E-state index is 4.58. The number of pyridine rings is 2. The van der Waals surface area contributed by atoms with Crippen molar-refractivity contribution in [2.24, 2.45) is 0 Å². The highest BCUT2D eigenvalue weighted by Crippen LogP contribution is 2.22. The van der Waals surface area contributed by atoms with E-state index in [1.807, 2.05) is 60.8 Å². The van der Waals surface area contributed by atoms with E-state index < -0.39 is 0 Å². The summed E-state index contributed by atoms with van der Waals surface area (Å²) in [5, 5.41) is 6.10. The molecule has 6 rings (SSSR count). The van der Waals surface area contributed by atoms with Gasteiger partial charge < -0.3 is 0 Å². The first-order valence-corrected chi connectivity index (χ1v) is 9.35. The molecule has 0 saturated heterocycles. The highest BCUT2D eigenvalue weighted by Gasteiger charge is 1.99. The molecule has 0 bridgehead atoms. The van der Waals surface area contributed by atoms with Crippen LogP contribution in [0.5, 0.6) is 0 Å². The van der Waals surface area contributed by atoms with E-state index in [1.165, 1.54) is 26.9 Å². The number of nitrogens with zero attached hydrogens (tertiary/aromatic N) is 2. The van der Waals surface area contributed by atoms with Crippen LogP contribution < -0.4 is 0 Å². The summed E-state index contributed by atoms with van der Waals surface area (Å²) in [7, 11) is 0. The topological polar surface area (TPSA) is 25.8 Å². The smallest absolute Gasteiger partial charge is 0.0709 e. The van der Waals surface area contributed by atoms with Gasteiger partial charge in [-0.25, -0.2) is 4.98 Å². The van der Waals surface area contributed by atoms with Crippen LogP contribution in [0.2, 0.25) is 0 Å². The van der Waals surface area contributed by atoms with Crippen LogP contribution in [0.1, 0.15) is 0 Å². The summed E-state index contributed by atoms with van der Waals surface area (Å²) in [5.41, 5.74) is 3.18. The Bertz CT molecular complexity index is 1240. The van der Waals surface area contributed by atoms with Gasteiger partial charge >= 0.3 is 0 Å². The van der Waals surface area contributed by atoms with Crippen molar-refractivity contribution in [3.8, 4) is 0 Å². The van der Waals surface area contributed by atoms with Crippen molar-refractivity contribution in [1.82, 2.24) is 9.97 Å². The second-order valence-electron chi connectivity index (χ2n) is 6.74. The normalized spacial score (nSPS) is 10.9. The van der Waals surface area contributed by atoms with Crippen LogP contribution >= 0.6 is 0 Å². The molecular weight excluding hydrogens is 340 g/mol. The Labute approximate surface area is 163 Å². The van der Waals surface area contributed by atoms with Crippen molar-refractivity contribution in [3.05, 3.63) is 109 Å². The molecular formula is C26H18N2. The van der Waals surface area contributed by atoms with Gasteiger partial charge in [0, 0.05) is 27.7 Å². The number of benzene rings is 4. The number of aromatic nitrogens is 2. The average molecular weight is 358 g/mol. The molecule has 6 aromatic rings. The van der Waals surface area contributed by atoms with Gasteiger partial charge in [-0.05, 0) is 29.7 Å². The molecule has 2 nitrogen and oxygen atoms in total. The molecule has 2 aromatic heterocycles. The third kappa shape index (κ3) is 3.06. The molecule has 0 aliphatic heterocycles. The van der Waals surface area contributed by atoms with Gasteiger partial charge in [-0.3, -0.25) is 4.98 Å². The molecule has 28 heavy (non-hydrogen) atoms. The van der Waals surface area contributed by atoms with E-state index in [-0.39, 0.29) is 0 Å². The summed E-state index contributed by atoms with van der Waals surface area (Å²) < 4.78 is 0. The molecule has 0 spiro atoms. The number of para-hydroxylation sites is 3. The van der Waals surface area contributed by atoms with Crippen molar-refractivity contribution in [1.29, 1.82) is 0 Å². The van der Waals surface area contributed by atoms with E-state index in [9.17, 15) is 0 Å². The summed E-state index contributed by atoms with van der Waals surface area (Å²) in [6.07, 6.45) is 1.93. The summed E-state index contributed by atoms with van der Waals surface area (Å²) in [6, 6.07) is 35.1. The molecule has 0 radical (unpaired) electrons. The van der Waals surface area contributed by atoms with Crippen LogP contribution in [0.3, 0.4) is 0 Å². The van der Waals surface area contributed by atoms with Crippen LogP contribution in [0.4, 0.5) is 0 Å². The van der Waals surface area contributed by atoms with Crippen LogP contribution in [0, 0.1) is 0 Å². The van der Waals surface area contributed by atoms with Gasteiger partial charge in [0.15, 0.2) is 0 Å². The fraction of sp³-hybridized carbons (Fsp3) is 0. The molecule has 2 heterocycles. The van der Waals surface area contributed by atoms with Gasteiger partial charge in [0.05, 0.1) is 16.6 Å². The lowest BCUT2D eigenvalue weighted by Gasteiger charge is -2.01. The second kappa shape index (κ2) is 7.09. The Balaban J connectivity index is 0.000000122. The number of hydrogen-bond donors (Lipinski definition) is 0. The summed E-state index contributed by atoms with van der Waals surface area (Å²) in [4.78, 5) is 8.99. The van der Waals surface area contributed by atoms with Gasteiger partial charge in [-0.15, -0.1) is 0 Å². The monoisotopic (exact) mass is 358 g/mol. The lowest BCUT2D eigenvalue weighted by Crippen LogP contribution is -1.80. The maximum atomic E-state index is 4.58. The lowest BCUT2D eigenvalue weighted by molar-refractivity contribution is 1.44. The fourth-order valence-electron chi connectivity index (χ4n) is 3.53. The van der Waals surface area contributed by atoms with Gasteiger partial charge in [0.25, 0.3) is 0 Å². The molecule has 0 fully saturated rings. The number of hydrogen-bond acceptors (Lipinski definition) is 2. The molecule has 4 aromatic carbocycles. The SMILES string of the molecule is c1ccc2c(c1)cnc1ccccc12.c1ccc2nc3ccccc3cc2c1. The van der Waals surface area contributed by atoms with Gasteiger partial charge in [0.1, 0.15) is 0 Å². The minimum atomic E-state index is 1.06. The molecule has 132 valence electrons. The van der Waals surface area contributed by atoms with Crippen LogP contribution in [-0.2, 0) is 0 Å². The first-order valence-electron chi connectivity index (χ1n) is 9.35. The zero-order valence-electron chi connectivity index (χ0n) is 15.3. The van der Waals surface area contributed by atoms with Crippen molar-refractivity contribution >= 4 is 43.5 Å². The molecule has 2 heteroatoms. The molecule has 0 saturated carbocycles. The van der Waals surface area contributed by atoms with E-state index >= 15 is 0 Å². The van der Waals surface area contributed by atoms with Crippen molar-refractivity contribution < 1.29 is 0 Å². The predicted octanol–water partition coefficient (Wildman–Crippen LogP) is 6.78. The summed E-state index contributed by atoms with van der Waals surface area (Å²) in [6.45, 7) is 0. The summed E-state index contributed by atoms with van der Waals surface area (Å²) >= 11 is 0. The highest BCUT2D eigenvalue weighted by molar-refractivity contribution is 6.05. The largest absolute Gasteiger partial charge is 0.256 e. The van der Waals surface area contributed by atoms with Crippen molar-refractivity contribution in [2.75, 3.05) is 0 Å². The first-order chi connectivity index (χ1) is 13.9. The summed E-state index contributed by atoms with van der Waals surface area (Å²) in [5.74, 6) is 0. The van der Waals surface area contributed by atoms with E-state index in [2.05, 4.69) is 58.5 Å². The van der Waals surface area contributed by atoms with Crippen LogP contribution in [-0.4, -0.2) is 9.97 Å². The Morgan fingerprint density at radius 2 is 0.929 bits per heavy atom. The lowest BCUT2D eigenvalue weighted by atomic mass is 10.1. The van der Waals surface area contributed by atoms with E-state index in [4.69, 9.17) is 0 Å². The average Bonchev–Trinajstić information content (AvgIpc) is 2.78. The van der Waals surface area contributed by atoms with E-state index in [0.717, 1.165) is 16.6 Å². The minimum Gasteiger partial charge on any atom is -0.256 e. The van der Waals surface area contributed by atoms with Crippen molar-refractivity contribution in [2.45, 2.75) is 0 Å². The molecule has 0 N–H and O–H groups in total.